The SMILES string of the molecule is O=C1CCC(=O)N1c1ccc(S(=O)(=O)N[C@@H]2CC[C@@H]3OCCO[C@H]3C2)cc1. The summed E-state index contributed by atoms with van der Waals surface area (Å²) in [5, 5.41) is 0. The van der Waals surface area contributed by atoms with Crippen LogP contribution in [0.3, 0.4) is 0 Å². The highest BCUT2D eigenvalue weighted by molar-refractivity contribution is 7.89. The first-order chi connectivity index (χ1) is 12.9. The van der Waals surface area contributed by atoms with E-state index in [1.54, 1.807) is 0 Å². The number of nitrogens with zero attached hydrogens (tertiary/aromatic N) is 1. The molecule has 1 N–H and O–H groups in total. The van der Waals surface area contributed by atoms with Crippen molar-refractivity contribution in [2.45, 2.75) is 55.2 Å². The van der Waals surface area contributed by atoms with Gasteiger partial charge in [0.15, 0.2) is 0 Å². The first-order valence-electron chi connectivity index (χ1n) is 9.15. The Morgan fingerprint density at radius 1 is 0.926 bits per heavy atom. The smallest absolute Gasteiger partial charge is 0.240 e. The quantitative estimate of drug-likeness (QED) is 0.763. The Morgan fingerprint density at radius 2 is 1.56 bits per heavy atom. The van der Waals surface area contributed by atoms with Crippen molar-refractivity contribution < 1.29 is 27.5 Å². The minimum Gasteiger partial charge on any atom is -0.373 e. The first kappa shape index (κ1) is 18.5. The minimum absolute atomic E-state index is 0.0503. The van der Waals surface area contributed by atoms with Gasteiger partial charge in [0.1, 0.15) is 0 Å². The second kappa shape index (κ2) is 7.31. The number of imide groups is 1. The van der Waals surface area contributed by atoms with Gasteiger partial charge >= 0.3 is 0 Å². The van der Waals surface area contributed by atoms with E-state index >= 15 is 0 Å². The van der Waals surface area contributed by atoms with Crippen LogP contribution in [0.5, 0.6) is 0 Å². The summed E-state index contributed by atoms with van der Waals surface area (Å²) in [6.07, 6.45) is 2.39. The van der Waals surface area contributed by atoms with Crippen LogP contribution in [0, 0.1) is 0 Å². The third-order valence-electron chi connectivity index (χ3n) is 5.26. The Kier molecular flexibility index (Phi) is 5.02. The molecule has 8 nitrogen and oxygen atoms in total. The van der Waals surface area contributed by atoms with Gasteiger partial charge in [0.2, 0.25) is 21.8 Å². The van der Waals surface area contributed by atoms with Crippen LogP contribution in [0.25, 0.3) is 0 Å². The molecule has 3 aliphatic rings. The zero-order valence-electron chi connectivity index (χ0n) is 14.8. The van der Waals surface area contributed by atoms with E-state index in [2.05, 4.69) is 4.72 Å². The number of fused-ring (bicyclic) bond motifs is 1. The second-order valence-electron chi connectivity index (χ2n) is 7.07. The summed E-state index contributed by atoms with van der Waals surface area (Å²) in [6, 6.07) is 5.61. The van der Waals surface area contributed by atoms with Crippen molar-refractivity contribution in [3.8, 4) is 0 Å². The molecule has 0 radical (unpaired) electrons. The summed E-state index contributed by atoms with van der Waals surface area (Å²) in [6.45, 7) is 1.13. The highest BCUT2D eigenvalue weighted by atomic mass is 32.2. The van der Waals surface area contributed by atoms with Crippen molar-refractivity contribution in [2.24, 2.45) is 0 Å². The molecule has 2 saturated heterocycles. The number of anilines is 1. The molecule has 3 atom stereocenters. The van der Waals surface area contributed by atoms with E-state index in [4.69, 9.17) is 9.47 Å². The molecule has 2 aliphatic heterocycles. The minimum atomic E-state index is -3.70. The molecule has 1 aromatic carbocycles. The number of rotatable bonds is 4. The van der Waals surface area contributed by atoms with Gasteiger partial charge in [-0.25, -0.2) is 13.1 Å². The van der Waals surface area contributed by atoms with Crippen LogP contribution >= 0.6 is 0 Å². The molecule has 2 heterocycles. The molecule has 146 valence electrons. The number of amides is 2. The average Bonchev–Trinajstić information content (AvgIpc) is 3.00. The van der Waals surface area contributed by atoms with Crippen molar-refractivity contribution in [3.63, 3.8) is 0 Å². The first-order valence-corrected chi connectivity index (χ1v) is 10.6. The topological polar surface area (TPSA) is 102 Å². The van der Waals surface area contributed by atoms with Crippen molar-refractivity contribution in [2.75, 3.05) is 18.1 Å². The molecule has 27 heavy (non-hydrogen) atoms. The fourth-order valence-corrected chi connectivity index (χ4v) is 5.18. The zero-order valence-corrected chi connectivity index (χ0v) is 15.6. The number of nitrogens with one attached hydrogen (secondary N) is 1. The Morgan fingerprint density at radius 3 is 2.22 bits per heavy atom. The van der Waals surface area contributed by atoms with Gasteiger partial charge in [-0.15, -0.1) is 0 Å². The number of ether oxygens (including phenoxy) is 2. The normalized spacial score (nSPS) is 29.0. The molecule has 2 amide bonds. The second-order valence-corrected chi connectivity index (χ2v) is 8.78. The predicted molar refractivity (Wildman–Crippen MR) is 95.6 cm³/mol. The van der Waals surface area contributed by atoms with Crippen molar-refractivity contribution in [3.05, 3.63) is 24.3 Å². The molecule has 1 aromatic rings. The third-order valence-corrected chi connectivity index (χ3v) is 6.79. The molecule has 0 spiro atoms. The number of hydrogen-bond acceptors (Lipinski definition) is 6. The van der Waals surface area contributed by atoms with E-state index in [1.165, 1.54) is 24.3 Å². The van der Waals surface area contributed by atoms with E-state index in [9.17, 15) is 18.0 Å². The maximum Gasteiger partial charge on any atom is 0.240 e. The van der Waals surface area contributed by atoms with Gasteiger partial charge in [0, 0.05) is 18.9 Å². The molecule has 9 heteroatoms. The Bertz CT molecular complexity index is 822. The maximum atomic E-state index is 12.7. The number of benzene rings is 1. The van der Waals surface area contributed by atoms with Crippen LogP contribution in [-0.2, 0) is 29.1 Å². The summed E-state index contributed by atoms with van der Waals surface area (Å²) in [5.41, 5.74) is 0.398. The van der Waals surface area contributed by atoms with Crippen LogP contribution in [-0.4, -0.2) is 51.7 Å². The Balaban J connectivity index is 1.44. The van der Waals surface area contributed by atoms with Gasteiger partial charge in [-0.2, -0.15) is 0 Å². The largest absolute Gasteiger partial charge is 0.373 e. The summed E-state index contributed by atoms with van der Waals surface area (Å²) in [5.74, 6) is -0.527. The lowest BCUT2D eigenvalue weighted by Gasteiger charge is -2.38. The molecule has 0 unspecified atom stereocenters. The predicted octanol–water partition coefficient (Wildman–Crippen LogP) is 0.955. The van der Waals surface area contributed by atoms with Crippen LogP contribution in [0.1, 0.15) is 32.1 Å². The molecule has 1 saturated carbocycles. The summed E-state index contributed by atoms with van der Waals surface area (Å²) in [4.78, 5) is 24.8. The summed E-state index contributed by atoms with van der Waals surface area (Å²) in [7, 11) is -3.70. The fraction of sp³-hybridized carbons (Fsp3) is 0.556. The summed E-state index contributed by atoms with van der Waals surface area (Å²) >= 11 is 0. The number of carbonyl (C=O) groups is 2. The van der Waals surface area contributed by atoms with Crippen LogP contribution in [0.2, 0.25) is 0 Å². The van der Waals surface area contributed by atoms with Gasteiger partial charge in [0.05, 0.1) is 36.0 Å². The van der Waals surface area contributed by atoms with E-state index < -0.39 is 10.0 Å². The van der Waals surface area contributed by atoms with E-state index in [1.807, 2.05) is 0 Å². The standard InChI is InChI=1S/C18H22N2O6S/c21-17-7-8-18(22)20(17)13-2-4-14(5-3-13)27(23,24)19-12-1-6-15-16(11-12)26-10-9-25-15/h2-5,12,15-16,19H,1,6-11H2/t12-,15+,16+/m1/s1. The average molecular weight is 394 g/mol. The van der Waals surface area contributed by atoms with E-state index in [0.717, 1.165) is 11.3 Å². The highest BCUT2D eigenvalue weighted by Crippen LogP contribution is 2.28. The lowest BCUT2D eigenvalue weighted by molar-refractivity contribution is -0.156. The Hall–Kier alpha value is -1.81. The molecule has 3 fully saturated rings. The molecular formula is C18H22N2O6S. The van der Waals surface area contributed by atoms with Gasteiger partial charge in [0.25, 0.3) is 0 Å². The molecule has 1 aliphatic carbocycles. The van der Waals surface area contributed by atoms with Crippen molar-refractivity contribution >= 4 is 27.5 Å². The number of carbonyl (C=O) groups excluding carboxylic acids is 2. The van der Waals surface area contributed by atoms with Crippen LogP contribution in [0.15, 0.2) is 29.2 Å². The Labute approximate surface area is 157 Å². The van der Waals surface area contributed by atoms with Crippen molar-refractivity contribution in [1.82, 2.24) is 4.72 Å². The zero-order chi connectivity index (χ0) is 19.0. The van der Waals surface area contributed by atoms with Crippen LogP contribution in [0.4, 0.5) is 5.69 Å². The lowest BCUT2D eigenvalue weighted by Crippen LogP contribution is -2.49. The van der Waals surface area contributed by atoms with Gasteiger partial charge in [-0.1, -0.05) is 0 Å². The molecule has 4 rings (SSSR count). The fourth-order valence-electron chi connectivity index (χ4n) is 3.90. The monoisotopic (exact) mass is 394 g/mol. The molecular weight excluding hydrogens is 372 g/mol. The number of sulfonamides is 1. The highest BCUT2D eigenvalue weighted by Gasteiger charge is 2.36. The van der Waals surface area contributed by atoms with Gasteiger partial charge in [-0.3, -0.25) is 14.5 Å². The number of hydrogen-bond donors (Lipinski definition) is 1. The van der Waals surface area contributed by atoms with E-state index in [0.29, 0.717) is 31.7 Å². The van der Waals surface area contributed by atoms with Crippen LogP contribution < -0.4 is 9.62 Å². The maximum absolute atomic E-state index is 12.7. The van der Waals surface area contributed by atoms with E-state index in [-0.39, 0.29) is 47.8 Å². The third kappa shape index (κ3) is 3.77. The summed E-state index contributed by atoms with van der Waals surface area (Å²) < 4.78 is 39.5. The van der Waals surface area contributed by atoms with Gasteiger partial charge in [-0.05, 0) is 43.5 Å². The van der Waals surface area contributed by atoms with Gasteiger partial charge < -0.3 is 9.47 Å². The lowest BCUT2D eigenvalue weighted by atomic mass is 9.90. The molecule has 0 aromatic heterocycles. The van der Waals surface area contributed by atoms with Crippen molar-refractivity contribution in [1.29, 1.82) is 0 Å². The molecule has 0 bridgehead atoms.